The minimum atomic E-state index is -3.12. The van der Waals surface area contributed by atoms with E-state index in [0.717, 1.165) is 0 Å². The van der Waals surface area contributed by atoms with Crippen LogP contribution in [0.25, 0.3) is 0 Å². The van der Waals surface area contributed by atoms with Crippen molar-refractivity contribution in [3.8, 4) is 5.75 Å². The van der Waals surface area contributed by atoms with Crippen LogP contribution in [-0.2, 0) is 14.6 Å². The van der Waals surface area contributed by atoms with Crippen molar-refractivity contribution >= 4 is 27.6 Å². The molecule has 2 aromatic rings. The fraction of sp³-hybridized carbons (Fsp3) is 0.250. The Morgan fingerprint density at radius 3 is 2.24 bits per heavy atom. The molecule has 29 heavy (non-hydrogen) atoms. The number of amides is 3. The molecule has 0 bridgehead atoms. The second-order valence-electron chi connectivity index (χ2n) is 6.63. The van der Waals surface area contributed by atoms with Crippen molar-refractivity contribution in [3.63, 3.8) is 0 Å². The predicted octanol–water partition coefficient (Wildman–Crippen LogP) is 1.31. The second-order valence-corrected chi connectivity index (χ2v) is 8.86. The normalized spacial score (nSPS) is 17.3. The molecule has 3 rings (SSSR count). The van der Waals surface area contributed by atoms with Crippen molar-refractivity contribution in [2.75, 3.05) is 18.1 Å². The van der Waals surface area contributed by atoms with E-state index in [1.54, 1.807) is 48.5 Å². The van der Waals surface area contributed by atoms with Crippen LogP contribution in [0.5, 0.6) is 5.75 Å². The molecule has 152 valence electrons. The van der Waals surface area contributed by atoms with Gasteiger partial charge in [-0.3, -0.25) is 14.9 Å². The SMILES string of the molecule is O=C(COc1ccc(C(=O)c2ccccc2)cc1)NC(=O)NC1CCS(=O)(=O)C1. The van der Waals surface area contributed by atoms with Gasteiger partial charge in [-0.25, -0.2) is 13.2 Å². The van der Waals surface area contributed by atoms with Crippen LogP contribution in [-0.4, -0.2) is 50.3 Å². The number of carbonyl (C=O) groups excluding carboxylic acids is 3. The first-order chi connectivity index (χ1) is 13.8. The standard InChI is InChI=1S/C20H20N2O6S/c23-18(22-20(25)21-16-10-11-29(26,27)13-16)12-28-17-8-6-15(7-9-17)19(24)14-4-2-1-3-5-14/h1-9,16H,10-13H2,(H2,21,22,23,25). The van der Waals surface area contributed by atoms with Gasteiger partial charge in [0.2, 0.25) is 0 Å². The topological polar surface area (TPSA) is 119 Å². The smallest absolute Gasteiger partial charge is 0.321 e. The van der Waals surface area contributed by atoms with Crippen molar-refractivity contribution in [3.05, 3.63) is 65.7 Å². The van der Waals surface area contributed by atoms with E-state index < -0.39 is 34.4 Å². The summed E-state index contributed by atoms with van der Waals surface area (Å²) in [5.74, 6) is -0.531. The fourth-order valence-corrected chi connectivity index (χ4v) is 4.57. The third kappa shape index (κ3) is 5.89. The molecule has 9 heteroatoms. The van der Waals surface area contributed by atoms with Gasteiger partial charge in [0, 0.05) is 17.2 Å². The lowest BCUT2D eigenvalue weighted by molar-refractivity contribution is -0.122. The fourth-order valence-electron chi connectivity index (χ4n) is 2.90. The zero-order valence-electron chi connectivity index (χ0n) is 15.5. The van der Waals surface area contributed by atoms with Gasteiger partial charge in [-0.2, -0.15) is 0 Å². The van der Waals surface area contributed by atoms with Gasteiger partial charge in [0.25, 0.3) is 5.91 Å². The molecule has 1 aliphatic rings. The minimum Gasteiger partial charge on any atom is -0.484 e. The highest BCUT2D eigenvalue weighted by molar-refractivity contribution is 7.91. The van der Waals surface area contributed by atoms with Gasteiger partial charge < -0.3 is 10.1 Å². The van der Waals surface area contributed by atoms with E-state index >= 15 is 0 Å². The highest BCUT2D eigenvalue weighted by Gasteiger charge is 2.29. The van der Waals surface area contributed by atoms with Crippen LogP contribution in [0.2, 0.25) is 0 Å². The Labute approximate surface area is 168 Å². The molecule has 3 amide bonds. The molecule has 1 unspecified atom stereocenters. The lowest BCUT2D eigenvalue weighted by atomic mass is 10.0. The Bertz CT molecular complexity index is 1000. The summed E-state index contributed by atoms with van der Waals surface area (Å²) >= 11 is 0. The van der Waals surface area contributed by atoms with Gasteiger partial charge in [-0.05, 0) is 30.7 Å². The Hall–Kier alpha value is -3.20. The van der Waals surface area contributed by atoms with Crippen molar-refractivity contribution in [1.29, 1.82) is 0 Å². The Morgan fingerprint density at radius 2 is 1.62 bits per heavy atom. The number of urea groups is 1. The molecular weight excluding hydrogens is 396 g/mol. The zero-order chi connectivity index (χ0) is 20.9. The number of hydrogen-bond acceptors (Lipinski definition) is 6. The number of benzene rings is 2. The number of ether oxygens (including phenoxy) is 1. The van der Waals surface area contributed by atoms with Crippen molar-refractivity contribution in [2.24, 2.45) is 0 Å². The van der Waals surface area contributed by atoms with Crippen LogP contribution in [0.3, 0.4) is 0 Å². The number of hydrogen-bond donors (Lipinski definition) is 2. The van der Waals surface area contributed by atoms with E-state index in [2.05, 4.69) is 10.6 Å². The number of nitrogens with one attached hydrogen (secondary N) is 2. The molecule has 0 radical (unpaired) electrons. The molecule has 0 aliphatic carbocycles. The van der Waals surface area contributed by atoms with Crippen molar-refractivity contribution < 1.29 is 27.5 Å². The summed E-state index contributed by atoms with van der Waals surface area (Å²) in [6, 6.07) is 13.9. The Kier molecular flexibility index (Phi) is 6.28. The summed E-state index contributed by atoms with van der Waals surface area (Å²) in [7, 11) is -3.12. The van der Waals surface area contributed by atoms with Crippen LogP contribution in [0, 0.1) is 0 Å². The van der Waals surface area contributed by atoms with E-state index in [0.29, 0.717) is 23.3 Å². The average molecular weight is 416 g/mol. The van der Waals surface area contributed by atoms with Gasteiger partial charge in [0.05, 0.1) is 11.5 Å². The quantitative estimate of drug-likeness (QED) is 0.686. The zero-order valence-corrected chi connectivity index (χ0v) is 16.3. The summed E-state index contributed by atoms with van der Waals surface area (Å²) in [4.78, 5) is 35.9. The van der Waals surface area contributed by atoms with Crippen LogP contribution >= 0.6 is 0 Å². The Morgan fingerprint density at radius 1 is 0.966 bits per heavy atom. The lowest BCUT2D eigenvalue weighted by Gasteiger charge is -2.12. The Balaban J connectivity index is 1.45. The van der Waals surface area contributed by atoms with Gasteiger partial charge >= 0.3 is 6.03 Å². The highest BCUT2D eigenvalue weighted by atomic mass is 32.2. The maximum Gasteiger partial charge on any atom is 0.321 e. The number of rotatable bonds is 6. The molecule has 2 N–H and O–H groups in total. The van der Waals surface area contributed by atoms with E-state index in [9.17, 15) is 22.8 Å². The summed E-state index contributed by atoms with van der Waals surface area (Å²) in [5.41, 5.74) is 1.06. The first-order valence-electron chi connectivity index (χ1n) is 8.96. The molecule has 1 aliphatic heterocycles. The van der Waals surface area contributed by atoms with Crippen LogP contribution in [0.1, 0.15) is 22.3 Å². The van der Waals surface area contributed by atoms with Gasteiger partial charge in [0.15, 0.2) is 22.2 Å². The number of sulfone groups is 1. The van der Waals surface area contributed by atoms with E-state index in [-0.39, 0.29) is 17.3 Å². The van der Waals surface area contributed by atoms with Crippen LogP contribution in [0.4, 0.5) is 4.79 Å². The van der Waals surface area contributed by atoms with E-state index in [1.165, 1.54) is 0 Å². The second kappa shape index (κ2) is 8.87. The monoisotopic (exact) mass is 416 g/mol. The molecule has 0 aromatic heterocycles. The molecule has 1 atom stereocenters. The molecule has 0 spiro atoms. The molecule has 1 saturated heterocycles. The molecule has 1 heterocycles. The number of carbonyl (C=O) groups is 3. The summed E-state index contributed by atoms with van der Waals surface area (Å²) in [6.07, 6.45) is 0.328. The average Bonchev–Trinajstić information content (AvgIpc) is 3.05. The van der Waals surface area contributed by atoms with E-state index in [4.69, 9.17) is 4.74 Å². The van der Waals surface area contributed by atoms with Crippen molar-refractivity contribution in [1.82, 2.24) is 10.6 Å². The highest BCUT2D eigenvalue weighted by Crippen LogP contribution is 2.15. The van der Waals surface area contributed by atoms with Crippen LogP contribution in [0.15, 0.2) is 54.6 Å². The lowest BCUT2D eigenvalue weighted by Crippen LogP contribution is -2.46. The number of imide groups is 1. The van der Waals surface area contributed by atoms with Gasteiger partial charge in [-0.1, -0.05) is 30.3 Å². The van der Waals surface area contributed by atoms with Crippen LogP contribution < -0.4 is 15.4 Å². The maximum atomic E-state index is 12.3. The maximum absolute atomic E-state index is 12.3. The van der Waals surface area contributed by atoms with E-state index in [1.807, 2.05) is 6.07 Å². The molecule has 2 aromatic carbocycles. The number of ketones is 1. The molecule has 0 saturated carbocycles. The van der Waals surface area contributed by atoms with Crippen molar-refractivity contribution in [2.45, 2.75) is 12.5 Å². The predicted molar refractivity (Wildman–Crippen MR) is 106 cm³/mol. The molecule has 1 fully saturated rings. The van der Waals surface area contributed by atoms with Gasteiger partial charge in [-0.15, -0.1) is 0 Å². The summed E-state index contributed by atoms with van der Waals surface area (Å²) in [5, 5.41) is 4.55. The first kappa shape index (κ1) is 20.5. The summed E-state index contributed by atoms with van der Waals surface area (Å²) in [6.45, 7) is -0.400. The first-order valence-corrected chi connectivity index (χ1v) is 10.8. The van der Waals surface area contributed by atoms with Gasteiger partial charge in [0.1, 0.15) is 5.75 Å². The summed E-state index contributed by atoms with van der Waals surface area (Å²) < 4.78 is 28.1. The molecule has 8 nitrogen and oxygen atoms in total. The molecular formula is C20H20N2O6S. The largest absolute Gasteiger partial charge is 0.484 e. The third-order valence-electron chi connectivity index (χ3n) is 4.34. The minimum absolute atomic E-state index is 0.0256. The third-order valence-corrected chi connectivity index (χ3v) is 6.11.